The molecule has 1 unspecified atom stereocenters. The predicted octanol–water partition coefficient (Wildman–Crippen LogP) is 1.75. The Hall–Kier alpha value is -1.05. The van der Waals surface area contributed by atoms with Crippen molar-refractivity contribution in [2.75, 3.05) is 52.5 Å². The van der Waals surface area contributed by atoms with Crippen molar-refractivity contribution in [1.82, 2.24) is 9.80 Å². The van der Waals surface area contributed by atoms with Gasteiger partial charge >= 0.3 is 0 Å². The molecule has 1 aliphatic rings. The number of halogens is 1. The SMILES string of the molecule is CC(C)OCC(O)CN(CCN1CCOCC1)Cc1ccc(F)cc1. The number of ether oxygens (including phenoxy) is 2. The predicted molar refractivity (Wildman–Crippen MR) is 96.0 cm³/mol. The van der Waals surface area contributed by atoms with Gasteiger partial charge in [0.2, 0.25) is 0 Å². The first-order valence-corrected chi connectivity index (χ1v) is 9.09. The summed E-state index contributed by atoms with van der Waals surface area (Å²) in [6, 6.07) is 6.56. The first kappa shape index (κ1) is 20.3. The second-order valence-corrected chi connectivity index (χ2v) is 6.85. The van der Waals surface area contributed by atoms with Crippen LogP contribution in [0.3, 0.4) is 0 Å². The van der Waals surface area contributed by atoms with Gasteiger partial charge in [-0.15, -0.1) is 0 Å². The second kappa shape index (κ2) is 10.8. The first-order valence-electron chi connectivity index (χ1n) is 9.09. The Morgan fingerprint density at radius 1 is 1.24 bits per heavy atom. The van der Waals surface area contributed by atoms with Gasteiger partial charge in [-0.2, -0.15) is 0 Å². The summed E-state index contributed by atoms with van der Waals surface area (Å²) in [5, 5.41) is 10.3. The molecule has 0 amide bonds. The Kier molecular flexibility index (Phi) is 8.78. The molecule has 25 heavy (non-hydrogen) atoms. The summed E-state index contributed by atoms with van der Waals surface area (Å²) >= 11 is 0. The number of rotatable bonds is 10. The van der Waals surface area contributed by atoms with E-state index in [4.69, 9.17) is 9.47 Å². The topological polar surface area (TPSA) is 45.2 Å². The van der Waals surface area contributed by atoms with Crippen LogP contribution in [0.25, 0.3) is 0 Å². The maximum absolute atomic E-state index is 13.1. The lowest BCUT2D eigenvalue weighted by Crippen LogP contribution is -2.43. The number of benzene rings is 1. The van der Waals surface area contributed by atoms with Crippen LogP contribution in [-0.2, 0) is 16.0 Å². The second-order valence-electron chi connectivity index (χ2n) is 6.85. The number of aliphatic hydroxyl groups is 1. The molecule has 142 valence electrons. The number of morpholine rings is 1. The van der Waals surface area contributed by atoms with Crippen molar-refractivity contribution >= 4 is 0 Å². The van der Waals surface area contributed by atoms with Crippen LogP contribution in [-0.4, -0.2) is 79.7 Å². The molecule has 2 rings (SSSR count). The van der Waals surface area contributed by atoms with Gasteiger partial charge in [0, 0.05) is 39.3 Å². The van der Waals surface area contributed by atoms with Gasteiger partial charge in [-0.25, -0.2) is 4.39 Å². The van der Waals surface area contributed by atoms with Crippen molar-refractivity contribution in [3.05, 3.63) is 35.6 Å². The molecule has 0 radical (unpaired) electrons. The molecule has 1 aromatic carbocycles. The zero-order chi connectivity index (χ0) is 18.1. The number of hydrogen-bond acceptors (Lipinski definition) is 5. The minimum atomic E-state index is -0.535. The molecule has 0 bridgehead atoms. The molecule has 5 nitrogen and oxygen atoms in total. The highest BCUT2D eigenvalue weighted by Crippen LogP contribution is 2.09. The molecule has 1 atom stereocenters. The van der Waals surface area contributed by atoms with Gasteiger partial charge in [0.1, 0.15) is 5.82 Å². The Balaban J connectivity index is 1.88. The fourth-order valence-corrected chi connectivity index (χ4v) is 2.84. The third-order valence-corrected chi connectivity index (χ3v) is 4.25. The van der Waals surface area contributed by atoms with E-state index in [0.29, 0.717) is 19.7 Å². The van der Waals surface area contributed by atoms with Crippen molar-refractivity contribution in [3.63, 3.8) is 0 Å². The van der Waals surface area contributed by atoms with E-state index < -0.39 is 6.10 Å². The fraction of sp³-hybridized carbons (Fsp3) is 0.684. The van der Waals surface area contributed by atoms with E-state index in [1.165, 1.54) is 12.1 Å². The van der Waals surface area contributed by atoms with Crippen LogP contribution in [0.1, 0.15) is 19.4 Å². The summed E-state index contributed by atoms with van der Waals surface area (Å²) in [6.45, 7) is 10.7. The van der Waals surface area contributed by atoms with Crippen molar-refractivity contribution in [2.24, 2.45) is 0 Å². The van der Waals surface area contributed by atoms with Crippen molar-refractivity contribution in [1.29, 1.82) is 0 Å². The summed E-state index contributed by atoms with van der Waals surface area (Å²) in [6.07, 6.45) is -0.430. The normalized spacial score (nSPS) is 17.4. The van der Waals surface area contributed by atoms with Crippen molar-refractivity contribution in [2.45, 2.75) is 32.6 Å². The van der Waals surface area contributed by atoms with E-state index in [9.17, 15) is 9.50 Å². The van der Waals surface area contributed by atoms with Gasteiger partial charge < -0.3 is 14.6 Å². The summed E-state index contributed by atoms with van der Waals surface area (Å²) in [5.41, 5.74) is 1.04. The van der Waals surface area contributed by atoms with E-state index in [1.54, 1.807) is 12.1 Å². The van der Waals surface area contributed by atoms with E-state index in [-0.39, 0.29) is 11.9 Å². The molecule has 0 saturated carbocycles. The van der Waals surface area contributed by atoms with Crippen LogP contribution in [0, 0.1) is 5.82 Å². The molecule has 1 N–H and O–H groups in total. The summed E-state index contributed by atoms with van der Waals surface area (Å²) in [7, 11) is 0. The van der Waals surface area contributed by atoms with E-state index in [2.05, 4.69) is 9.80 Å². The first-order chi connectivity index (χ1) is 12.0. The Labute approximate surface area is 150 Å². The number of aliphatic hydroxyl groups excluding tert-OH is 1. The molecule has 1 saturated heterocycles. The lowest BCUT2D eigenvalue weighted by molar-refractivity contribution is -0.0129. The monoisotopic (exact) mass is 354 g/mol. The molecule has 1 aromatic rings. The van der Waals surface area contributed by atoms with Crippen molar-refractivity contribution in [3.8, 4) is 0 Å². The van der Waals surface area contributed by atoms with Crippen LogP contribution in [0.5, 0.6) is 0 Å². The van der Waals surface area contributed by atoms with Crippen LogP contribution < -0.4 is 0 Å². The third-order valence-electron chi connectivity index (χ3n) is 4.25. The maximum Gasteiger partial charge on any atom is 0.123 e. The molecule has 0 aliphatic carbocycles. The minimum absolute atomic E-state index is 0.105. The zero-order valence-corrected chi connectivity index (χ0v) is 15.4. The Bertz CT molecular complexity index is 478. The van der Waals surface area contributed by atoms with Crippen LogP contribution >= 0.6 is 0 Å². The van der Waals surface area contributed by atoms with Gasteiger partial charge in [-0.1, -0.05) is 12.1 Å². The average Bonchev–Trinajstić information content (AvgIpc) is 2.61. The summed E-state index contributed by atoms with van der Waals surface area (Å²) in [4.78, 5) is 4.58. The maximum atomic E-state index is 13.1. The fourth-order valence-electron chi connectivity index (χ4n) is 2.84. The molecule has 0 spiro atoms. The van der Waals surface area contributed by atoms with E-state index in [0.717, 1.165) is 45.0 Å². The molecule has 1 heterocycles. The number of hydrogen-bond donors (Lipinski definition) is 1. The molecule has 0 aromatic heterocycles. The molecular weight excluding hydrogens is 323 g/mol. The molecule has 1 aliphatic heterocycles. The van der Waals surface area contributed by atoms with Crippen LogP contribution in [0.15, 0.2) is 24.3 Å². The Morgan fingerprint density at radius 3 is 2.56 bits per heavy atom. The smallest absolute Gasteiger partial charge is 0.123 e. The van der Waals surface area contributed by atoms with Gasteiger partial charge in [-0.05, 0) is 31.5 Å². The van der Waals surface area contributed by atoms with Crippen molar-refractivity contribution < 1.29 is 19.0 Å². The van der Waals surface area contributed by atoms with E-state index in [1.807, 2.05) is 13.8 Å². The third kappa shape index (κ3) is 8.25. The van der Waals surface area contributed by atoms with Gasteiger partial charge in [0.25, 0.3) is 0 Å². The highest BCUT2D eigenvalue weighted by atomic mass is 19.1. The molecule has 1 fully saturated rings. The molecular formula is C19H31FN2O3. The van der Waals surface area contributed by atoms with Gasteiger partial charge in [0.05, 0.1) is 32.0 Å². The van der Waals surface area contributed by atoms with Crippen LogP contribution in [0.2, 0.25) is 0 Å². The lowest BCUT2D eigenvalue weighted by Gasteiger charge is -2.31. The Morgan fingerprint density at radius 2 is 1.92 bits per heavy atom. The highest BCUT2D eigenvalue weighted by molar-refractivity contribution is 5.15. The summed E-state index contributed by atoms with van der Waals surface area (Å²) < 4.78 is 24.0. The average molecular weight is 354 g/mol. The minimum Gasteiger partial charge on any atom is -0.389 e. The summed E-state index contributed by atoms with van der Waals surface area (Å²) in [5.74, 6) is -0.228. The van der Waals surface area contributed by atoms with E-state index >= 15 is 0 Å². The highest BCUT2D eigenvalue weighted by Gasteiger charge is 2.16. The largest absolute Gasteiger partial charge is 0.389 e. The number of nitrogens with zero attached hydrogens (tertiary/aromatic N) is 2. The lowest BCUT2D eigenvalue weighted by atomic mass is 10.2. The molecule has 6 heteroatoms. The van der Waals surface area contributed by atoms with Gasteiger partial charge in [-0.3, -0.25) is 9.80 Å². The van der Waals surface area contributed by atoms with Crippen LogP contribution in [0.4, 0.5) is 4.39 Å². The van der Waals surface area contributed by atoms with Gasteiger partial charge in [0.15, 0.2) is 0 Å². The quantitative estimate of drug-likeness (QED) is 0.694. The zero-order valence-electron chi connectivity index (χ0n) is 15.4. The standard InChI is InChI=1S/C19H31FN2O3/c1-16(2)25-15-19(23)14-22(8-7-21-9-11-24-12-10-21)13-17-3-5-18(20)6-4-17/h3-6,16,19,23H,7-15H2,1-2H3.